The lowest BCUT2D eigenvalue weighted by Gasteiger charge is -2.06. The fourth-order valence-corrected chi connectivity index (χ4v) is 3.09. The van der Waals surface area contributed by atoms with Crippen LogP contribution in [-0.2, 0) is 11.8 Å². The largest absolute Gasteiger partial charge is 0.484 e. The van der Waals surface area contributed by atoms with Gasteiger partial charge in [-0.05, 0) is 41.6 Å². The summed E-state index contributed by atoms with van der Waals surface area (Å²) in [4.78, 5) is 22.1. The summed E-state index contributed by atoms with van der Waals surface area (Å²) in [7, 11) is 1.70. The normalized spacial score (nSPS) is 10.6. The van der Waals surface area contributed by atoms with Crippen LogP contribution in [-0.4, -0.2) is 42.7 Å². The van der Waals surface area contributed by atoms with E-state index in [9.17, 15) is 4.79 Å². The Morgan fingerprint density at radius 3 is 2.75 bits per heavy atom. The molecule has 0 radical (unpaired) electrons. The summed E-state index contributed by atoms with van der Waals surface area (Å²) in [6, 6.07) is 12.7. The van der Waals surface area contributed by atoms with Crippen LogP contribution in [0.3, 0.4) is 0 Å². The summed E-state index contributed by atoms with van der Waals surface area (Å²) in [5.74, 6) is 0.803. The van der Waals surface area contributed by atoms with E-state index in [1.807, 2.05) is 35.7 Å². The van der Waals surface area contributed by atoms with Crippen molar-refractivity contribution in [3.8, 4) is 28.5 Å². The topological polar surface area (TPSA) is 108 Å². The molecule has 140 valence electrons. The van der Waals surface area contributed by atoms with E-state index in [4.69, 9.17) is 4.74 Å². The van der Waals surface area contributed by atoms with Crippen molar-refractivity contribution in [1.82, 2.24) is 30.2 Å². The number of aromatic nitrogens is 6. The molecular formula is C18H15N7O2S. The number of nitrogens with one attached hydrogen (secondary N) is 1. The molecule has 1 aromatic carbocycles. The van der Waals surface area contributed by atoms with Crippen molar-refractivity contribution < 1.29 is 9.53 Å². The smallest absolute Gasteiger partial charge is 0.264 e. The first kappa shape index (κ1) is 17.7. The molecule has 0 aliphatic heterocycles. The van der Waals surface area contributed by atoms with Gasteiger partial charge in [0.1, 0.15) is 11.4 Å². The van der Waals surface area contributed by atoms with Crippen molar-refractivity contribution in [3.05, 3.63) is 54.0 Å². The summed E-state index contributed by atoms with van der Waals surface area (Å²) >= 11 is 1.34. The van der Waals surface area contributed by atoms with Gasteiger partial charge in [-0.2, -0.15) is 4.80 Å². The third-order valence-corrected chi connectivity index (χ3v) is 4.43. The van der Waals surface area contributed by atoms with Crippen molar-refractivity contribution in [2.75, 3.05) is 11.9 Å². The van der Waals surface area contributed by atoms with Crippen molar-refractivity contribution in [2.45, 2.75) is 0 Å². The van der Waals surface area contributed by atoms with E-state index in [0.29, 0.717) is 16.7 Å². The first-order valence-electron chi connectivity index (χ1n) is 8.31. The number of amides is 1. The summed E-state index contributed by atoms with van der Waals surface area (Å²) in [5.41, 5.74) is 2.29. The highest BCUT2D eigenvalue weighted by Crippen LogP contribution is 2.23. The number of hydrogen-bond acceptors (Lipinski definition) is 8. The van der Waals surface area contributed by atoms with Gasteiger partial charge in [0.25, 0.3) is 5.91 Å². The number of carbonyl (C=O) groups is 1. The third-order valence-electron chi connectivity index (χ3n) is 3.67. The van der Waals surface area contributed by atoms with Gasteiger partial charge >= 0.3 is 0 Å². The Bertz CT molecular complexity index is 1080. The molecule has 0 fully saturated rings. The van der Waals surface area contributed by atoms with Gasteiger partial charge in [0.15, 0.2) is 11.7 Å². The van der Waals surface area contributed by atoms with E-state index in [0.717, 1.165) is 17.0 Å². The molecule has 0 saturated heterocycles. The van der Waals surface area contributed by atoms with Crippen LogP contribution in [0.1, 0.15) is 0 Å². The predicted octanol–water partition coefficient (Wildman–Crippen LogP) is 2.41. The minimum atomic E-state index is -0.290. The number of rotatable bonds is 6. The number of tetrazole rings is 1. The van der Waals surface area contributed by atoms with E-state index >= 15 is 0 Å². The molecule has 9 nitrogen and oxygen atoms in total. The van der Waals surface area contributed by atoms with Crippen LogP contribution < -0.4 is 10.1 Å². The number of aryl methyl sites for hydroxylation is 1. The van der Waals surface area contributed by atoms with Crippen LogP contribution >= 0.6 is 11.3 Å². The molecule has 0 saturated carbocycles. The average Bonchev–Trinajstić information content (AvgIpc) is 3.37. The quantitative estimate of drug-likeness (QED) is 0.536. The minimum Gasteiger partial charge on any atom is -0.484 e. The van der Waals surface area contributed by atoms with Crippen LogP contribution in [0.25, 0.3) is 22.8 Å². The standard InChI is InChI=1S/C18H15N7O2S/c1-25-23-17(22-24-25)12-5-7-13(8-6-12)27-10-16(26)21-18-20-15(11-28-18)14-4-2-3-9-19-14/h2-9,11H,10H2,1H3,(H,20,21,26). The lowest BCUT2D eigenvalue weighted by molar-refractivity contribution is -0.118. The van der Waals surface area contributed by atoms with Gasteiger partial charge in [-0.25, -0.2) is 4.98 Å². The molecule has 1 N–H and O–H groups in total. The number of hydrogen-bond donors (Lipinski definition) is 1. The Labute approximate surface area is 164 Å². The van der Waals surface area contributed by atoms with Gasteiger partial charge in [-0.1, -0.05) is 6.07 Å². The van der Waals surface area contributed by atoms with E-state index in [1.165, 1.54) is 16.1 Å². The second-order valence-corrected chi connectivity index (χ2v) is 6.57. The van der Waals surface area contributed by atoms with Gasteiger partial charge in [0.05, 0.1) is 12.7 Å². The molecule has 28 heavy (non-hydrogen) atoms. The van der Waals surface area contributed by atoms with Crippen molar-refractivity contribution in [3.63, 3.8) is 0 Å². The zero-order chi connectivity index (χ0) is 19.3. The molecule has 0 spiro atoms. The molecule has 3 aromatic heterocycles. The van der Waals surface area contributed by atoms with E-state index in [-0.39, 0.29) is 12.5 Å². The first-order valence-corrected chi connectivity index (χ1v) is 9.19. The van der Waals surface area contributed by atoms with Crippen LogP contribution in [0.5, 0.6) is 5.75 Å². The van der Waals surface area contributed by atoms with Gasteiger partial charge < -0.3 is 4.74 Å². The van der Waals surface area contributed by atoms with E-state index in [1.54, 1.807) is 25.4 Å². The maximum atomic E-state index is 12.1. The number of benzene rings is 1. The predicted molar refractivity (Wildman–Crippen MR) is 104 cm³/mol. The summed E-state index contributed by atoms with van der Waals surface area (Å²) in [5, 5.41) is 17.0. The second kappa shape index (κ2) is 7.92. The minimum absolute atomic E-state index is 0.124. The molecule has 0 unspecified atom stereocenters. The molecule has 4 rings (SSSR count). The molecule has 1 amide bonds. The van der Waals surface area contributed by atoms with E-state index in [2.05, 4.69) is 30.7 Å². The first-order chi connectivity index (χ1) is 13.7. The van der Waals surface area contributed by atoms with Crippen LogP contribution in [0, 0.1) is 0 Å². The summed E-state index contributed by atoms with van der Waals surface area (Å²) in [6.07, 6.45) is 1.70. The highest BCUT2D eigenvalue weighted by Gasteiger charge is 2.10. The highest BCUT2D eigenvalue weighted by molar-refractivity contribution is 7.14. The lowest BCUT2D eigenvalue weighted by atomic mass is 10.2. The number of ether oxygens (including phenoxy) is 1. The molecule has 3 heterocycles. The zero-order valence-corrected chi connectivity index (χ0v) is 15.6. The van der Waals surface area contributed by atoms with Crippen molar-refractivity contribution in [2.24, 2.45) is 7.05 Å². The van der Waals surface area contributed by atoms with Crippen LogP contribution in [0.2, 0.25) is 0 Å². The van der Waals surface area contributed by atoms with Crippen LogP contribution in [0.15, 0.2) is 54.0 Å². The number of anilines is 1. The van der Waals surface area contributed by atoms with Gasteiger partial charge in [0.2, 0.25) is 5.82 Å². The lowest BCUT2D eigenvalue weighted by Crippen LogP contribution is -2.20. The molecule has 0 aliphatic carbocycles. The Hall–Kier alpha value is -3.66. The van der Waals surface area contributed by atoms with E-state index < -0.39 is 0 Å². The Morgan fingerprint density at radius 1 is 1.18 bits per heavy atom. The molecule has 0 atom stereocenters. The molecule has 0 aliphatic rings. The SMILES string of the molecule is Cn1nnc(-c2ccc(OCC(=O)Nc3nc(-c4ccccn4)cs3)cc2)n1. The fraction of sp³-hybridized carbons (Fsp3) is 0.111. The number of carbonyl (C=O) groups excluding carboxylic acids is 1. The molecule has 4 aromatic rings. The molecule has 10 heteroatoms. The Balaban J connectivity index is 1.32. The maximum absolute atomic E-state index is 12.1. The highest BCUT2D eigenvalue weighted by atomic mass is 32.1. The van der Waals surface area contributed by atoms with Crippen LogP contribution in [0.4, 0.5) is 5.13 Å². The second-order valence-electron chi connectivity index (χ2n) is 5.72. The summed E-state index contributed by atoms with van der Waals surface area (Å²) < 4.78 is 5.52. The third kappa shape index (κ3) is 4.18. The average molecular weight is 393 g/mol. The van der Waals surface area contributed by atoms with Gasteiger partial charge in [-0.3, -0.25) is 15.1 Å². The Morgan fingerprint density at radius 2 is 2.04 bits per heavy atom. The monoisotopic (exact) mass is 393 g/mol. The Kier molecular flexibility index (Phi) is 5.02. The maximum Gasteiger partial charge on any atom is 0.264 e. The molecule has 0 bridgehead atoms. The number of nitrogens with zero attached hydrogens (tertiary/aromatic N) is 6. The van der Waals surface area contributed by atoms with Crippen molar-refractivity contribution >= 4 is 22.4 Å². The summed E-state index contributed by atoms with van der Waals surface area (Å²) in [6.45, 7) is -0.124. The zero-order valence-electron chi connectivity index (χ0n) is 14.8. The number of thiazole rings is 1. The van der Waals surface area contributed by atoms with Gasteiger partial charge in [-0.15, -0.1) is 21.5 Å². The van der Waals surface area contributed by atoms with Gasteiger partial charge in [0, 0.05) is 17.1 Å². The molecular weight excluding hydrogens is 378 g/mol. The van der Waals surface area contributed by atoms with Crippen molar-refractivity contribution in [1.29, 1.82) is 0 Å². The fourth-order valence-electron chi connectivity index (χ4n) is 2.37. The number of pyridine rings is 1.